The van der Waals surface area contributed by atoms with Crippen molar-refractivity contribution in [2.75, 3.05) is 27.2 Å². The normalized spacial score (nSPS) is 17.7. The fraction of sp³-hybridized carbons (Fsp3) is 0.500. The van der Waals surface area contributed by atoms with Crippen LogP contribution in [0.1, 0.15) is 46.7 Å². The molecule has 0 bridgehead atoms. The second kappa shape index (κ2) is 8.54. The first kappa shape index (κ1) is 18.7. The monoisotopic (exact) mass is 354 g/mol. The summed E-state index contributed by atoms with van der Waals surface area (Å²) in [5.41, 5.74) is 2.79. The first-order valence-corrected chi connectivity index (χ1v) is 9.60. The lowest BCUT2D eigenvalue weighted by atomic mass is 9.90. The number of furan rings is 1. The van der Waals surface area contributed by atoms with Gasteiger partial charge in [0.25, 0.3) is 5.91 Å². The van der Waals surface area contributed by atoms with Crippen molar-refractivity contribution in [2.45, 2.75) is 39.2 Å². The first-order valence-electron chi connectivity index (χ1n) is 9.60. The van der Waals surface area contributed by atoms with Crippen molar-refractivity contribution in [3.05, 3.63) is 59.0 Å². The molecule has 0 N–H and O–H groups in total. The van der Waals surface area contributed by atoms with E-state index in [1.807, 2.05) is 36.0 Å². The van der Waals surface area contributed by atoms with Crippen molar-refractivity contribution in [1.29, 1.82) is 0 Å². The Balaban J connectivity index is 1.56. The van der Waals surface area contributed by atoms with E-state index in [0.717, 1.165) is 38.1 Å². The number of amides is 1. The molecule has 140 valence electrons. The molecular weight excluding hydrogens is 324 g/mol. The maximum absolute atomic E-state index is 12.8. The molecule has 3 rings (SSSR count). The van der Waals surface area contributed by atoms with Gasteiger partial charge in [-0.1, -0.05) is 24.3 Å². The highest BCUT2D eigenvalue weighted by molar-refractivity contribution is 5.91. The lowest BCUT2D eigenvalue weighted by Gasteiger charge is -2.32. The molecule has 0 unspecified atom stereocenters. The van der Waals surface area contributed by atoms with Crippen LogP contribution in [0.15, 0.2) is 40.8 Å². The van der Waals surface area contributed by atoms with E-state index in [-0.39, 0.29) is 5.91 Å². The maximum Gasteiger partial charge on any atom is 0.289 e. The van der Waals surface area contributed by atoms with Crippen molar-refractivity contribution in [3.8, 4) is 0 Å². The van der Waals surface area contributed by atoms with Crippen LogP contribution in [-0.4, -0.2) is 42.9 Å². The van der Waals surface area contributed by atoms with E-state index >= 15 is 0 Å². The highest BCUT2D eigenvalue weighted by Gasteiger charge is 2.26. The average molecular weight is 354 g/mol. The van der Waals surface area contributed by atoms with Gasteiger partial charge in [0.1, 0.15) is 5.76 Å². The third kappa shape index (κ3) is 4.76. The Bertz CT molecular complexity index is 735. The summed E-state index contributed by atoms with van der Waals surface area (Å²) in [6, 6.07) is 12.3. The molecule has 4 heteroatoms. The predicted molar refractivity (Wildman–Crippen MR) is 104 cm³/mol. The minimum atomic E-state index is 0.0376. The highest BCUT2D eigenvalue weighted by Crippen LogP contribution is 2.24. The molecule has 1 aromatic heterocycles. The number of piperidine rings is 1. The Morgan fingerprint density at radius 1 is 1.23 bits per heavy atom. The summed E-state index contributed by atoms with van der Waals surface area (Å²) in [7, 11) is 3.99. The summed E-state index contributed by atoms with van der Waals surface area (Å²) in [6.45, 7) is 4.57. The third-order valence-corrected chi connectivity index (χ3v) is 5.23. The summed E-state index contributed by atoms with van der Waals surface area (Å²) >= 11 is 0. The Hall–Kier alpha value is -2.07. The molecule has 1 amide bonds. The standard InChI is InChI=1S/C22H30N2O2/c1-17-7-4-5-9-19(17)11-10-18-8-6-14-24(15-18)22(25)21-13-12-20(26-21)16-23(2)3/h4-5,7,9,12-13,18H,6,8,10-11,14-16H2,1-3H3/t18-/m0/s1. The first-order chi connectivity index (χ1) is 12.5. The SMILES string of the molecule is Cc1ccccc1CC[C@@H]1CCCN(C(=O)c2ccc(CN(C)C)o2)C1. The van der Waals surface area contributed by atoms with Gasteiger partial charge in [-0.25, -0.2) is 0 Å². The van der Waals surface area contributed by atoms with Crippen LogP contribution in [0.5, 0.6) is 0 Å². The van der Waals surface area contributed by atoms with Crippen LogP contribution in [0.2, 0.25) is 0 Å². The van der Waals surface area contributed by atoms with Crippen molar-refractivity contribution in [3.63, 3.8) is 0 Å². The smallest absolute Gasteiger partial charge is 0.289 e. The molecule has 0 aliphatic carbocycles. The molecule has 0 spiro atoms. The molecule has 1 aromatic carbocycles. The van der Waals surface area contributed by atoms with E-state index in [1.165, 1.54) is 17.5 Å². The number of nitrogens with zero attached hydrogens (tertiary/aromatic N) is 2. The predicted octanol–water partition coefficient (Wildman–Crippen LogP) is 4.13. The zero-order chi connectivity index (χ0) is 18.5. The van der Waals surface area contributed by atoms with E-state index in [0.29, 0.717) is 18.2 Å². The van der Waals surface area contributed by atoms with Crippen LogP contribution in [-0.2, 0) is 13.0 Å². The largest absolute Gasteiger partial charge is 0.455 e. The second-order valence-electron chi connectivity index (χ2n) is 7.73. The number of likely N-dealkylation sites (tertiary alicyclic amines) is 1. The number of carbonyl (C=O) groups is 1. The van der Waals surface area contributed by atoms with Gasteiger partial charge in [0, 0.05) is 13.1 Å². The molecule has 1 saturated heterocycles. The van der Waals surface area contributed by atoms with Gasteiger partial charge in [0.05, 0.1) is 6.54 Å². The Morgan fingerprint density at radius 2 is 2.04 bits per heavy atom. The fourth-order valence-electron chi connectivity index (χ4n) is 3.78. The van der Waals surface area contributed by atoms with E-state index in [1.54, 1.807) is 0 Å². The zero-order valence-electron chi connectivity index (χ0n) is 16.2. The van der Waals surface area contributed by atoms with Crippen molar-refractivity contribution in [1.82, 2.24) is 9.80 Å². The molecule has 2 aromatic rings. The quantitative estimate of drug-likeness (QED) is 0.782. The molecular formula is C22H30N2O2. The van der Waals surface area contributed by atoms with Crippen LogP contribution in [0.25, 0.3) is 0 Å². The molecule has 4 nitrogen and oxygen atoms in total. The summed E-state index contributed by atoms with van der Waals surface area (Å²) < 4.78 is 5.76. The molecule has 1 aliphatic rings. The van der Waals surface area contributed by atoms with Crippen LogP contribution in [0, 0.1) is 12.8 Å². The number of rotatable bonds is 6. The van der Waals surface area contributed by atoms with E-state index in [4.69, 9.17) is 4.42 Å². The Morgan fingerprint density at radius 3 is 2.81 bits per heavy atom. The molecule has 0 saturated carbocycles. The fourth-order valence-corrected chi connectivity index (χ4v) is 3.78. The minimum absolute atomic E-state index is 0.0376. The number of benzene rings is 1. The number of carbonyl (C=O) groups excluding carboxylic acids is 1. The zero-order valence-corrected chi connectivity index (χ0v) is 16.2. The average Bonchev–Trinajstić information content (AvgIpc) is 3.08. The van der Waals surface area contributed by atoms with E-state index in [9.17, 15) is 4.79 Å². The Kier molecular flexibility index (Phi) is 6.15. The van der Waals surface area contributed by atoms with E-state index < -0.39 is 0 Å². The molecule has 2 heterocycles. The van der Waals surface area contributed by atoms with Gasteiger partial charge in [0.2, 0.25) is 0 Å². The van der Waals surface area contributed by atoms with Crippen LogP contribution >= 0.6 is 0 Å². The molecule has 1 fully saturated rings. The second-order valence-corrected chi connectivity index (χ2v) is 7.73. The van der Waals surface area contributed by atoms with Crippen LogP contribution in [0.4, 0.5) is 0 Å². The van der Waals surface area contributed by atoms with Crippen LogP contribution in [0.3, 0.4) is 0 Å². The van der Waals surface area contributed by atoms with Gasteiger partial charge in [-0.05, 0) is 75.9 Å². The number of hydrogen-bond donors (Lipinski definition) is 0. The third-order valence-electron chi connectivity index (χ3n) is 5.23. The molecule has 1 aliphatic heterocycles. The molecule has 0 radical (unpaired) electrons. The van der Waals surface area contributed by atoms with Gasteiger partial charge >= 0.3 is 0 Å². The summed E-state index contributed by atoms with van der Waals surface area (Å²) in [6.07, 6.45) is 4.51. The maximum atomic E-state index is 12.8. The Labute approximate surface area is 156 Å². The van der Waals surface area contributed by atoms with Gasteiger partial charge < -0.3 is 14.2 Å². The minimum Gasteiger partial charge on any atom is -0.455 e. The highest BCUT2D eigenvalue weighted by atomic mass is 16.4. The summed E-state index contributed by atoms with van der Waals surface area (Å²) in [5.74, 6) is 1.92. The topological polar surface area (TPSA) is 36.7 Å². The van der Waals surface area contributed by atoms with Gasteiger partial charge in [-0.2, -0.15) is 0 Å². The van der Waals surface area contributed by atoms with Crippen LogP contribution < -0.4 is 0 Å². The lowest BCUT2D eigenvalue weighted by Crippen LogP contribution is -2.39. The van der Waals surface area contributed by atoms with Gasteiger partial charge in [0.15, 0.2) is 5.76 Å². The number of aryl methyl sites for hydroxylation is 2. The summed E-state index contributed by atoms with van der Waals surface area (Å²) in [5, 5.41) is 0. The lowest BCUT2D eigenvalue weighted by molar-refractivity contribution is 0.0633. The van der Waals surface area contributed by atoms with Crippen molar-refractivity contribution < 1.29 is 9.21 Å². The van der Waals surface area contributed by atoms with Crippen molar-refractivity contribution in [2.24, 2.45) is 5.92 Å². The van der Waals surface area contributed by atoms with Gasteiger partial charge in [-0.3, -0.25) is 4.79 Å². The van der Waals surface area contributed by atoms with Gasteiger partial charge in [-0.15, -0.1) is 0 Å². The summed E-state index contributed by atoms with van der Waals surface area (Å²) in [4.78, 5) is 16.8. The van der Waals surface area contributed by atoms with E-state index in [2.05, 4.69) is 31.2 Å². The molecule has 1 atom stereocenters. The van der Waals surface area contributed by atoms with Crippen molar-refractivity contribution >= 4 is 5.91 Å². The molecule has 26 heavy (non-hydrogen) atoms. The number of hydrogen-bond acceptors (Lipinski definition) is 3.